The van der Waals surface area contributed by atoms with Gasteiger partial charge < -0.3 is 4.74 Å². The summed E-state index contributed by atoms with van der Waals surface area (Å²) in [6.07, 6.45) is 0. The number of methoxy groups -OCH3 is 1. The minimum Gasteiger partial charge on any atom is -0.468 e. The SMILES string of the molecule is COC(=O)CN(C(=O)c1cccc(C)c1)N(C(=O)c1cc(C)cc(C)c1)C(C)(C)C. The molecular formula is C24H30N2O4. The monoisotopic (exact) mass is 410 g/mol. The van der Waals surface area contributed by atoms with Gasteiger partial charge in [0.2, 0.25) is 0 Å². The average Bonchev–Trinajstić information content (AvgIpc) is 2.64. The van der Waals surface area contributed by atoms with E-state index in [2.05, 4.69) is 0 Å². The lowest BCUT2D eigenvalue weighted by atomic mass is 10.0. The van der Waals surface area contributed by atoms with E-state index in [1.54, 1.807) is 30.3 Å². The van der Waals surface area contributed by atoms with E-state index in [0.717, 1.165) is 16.7 Å². The predicted octanol–water partition coefficient (Wildman–Crippen LogP) is 4.08. The summed E-state index contributed by atoms with van der Waals surface area (Å²) in [7, 11) is 1.25. The number of rotatable bonds is 4. The smallest absolute Gasteiger partial charge is 0.327 e. The molecule has 0 saturated heterocycles. The molecule has 0 radical (unpaired) electrons. The van der Waals surface area contributed by atoms with Gasteiger partial charge in [0.25, 0.3) is 11.8 Å². The van der Waals surface area contributed by atoms with Crippen LogP contribution in [-0.4, -0.2) is 47.0 Å². The van der Waals surface area contributed by atoms with Crippen LogP contribution in [0.4, 0.5) is 0 Å². The maximum atomic E-state index is 13.6. The topological polar surface area (TPSA) is 66.9 Å². The van der Waals surface area contributed by atoms with Crippen molar-refractivity contribution in [1.82, 2.24) is 10.0 Å². The molecule has 0 aliphatic rings. The number of amides is 2. The Morgan fingerprint density at radius 3 is 1.90 bits per heavy atom. The Hall–Kier alpha value is -3.15. The zero-order valence-corrected chi connectivity index (χ0v) is 18.8. The van der Waals surface area contributed by atoms with Crippen LogP contribution in [0.15, 0.2) is 42.5 Å². The molecule has 2 rings (SSSR count). The summed E-state index contributed by atoms with van der Waals surface area (Å²) in [5.74, 6) is -1.42. The average molecular weight is 411 g/mol. The third kappa shape index (κ3) is 5.47. The molecule has 2 aromatic rings. The van der Waals surface area contributed by atoms with Crippen molar-refractivity contribution in [3.63, 3.8) is 0 Å². The summed E-state index contributed by atoms with van der Waals surface area (Å²) < 4.78 is 4.81. The molecule has 6 heteroatoms. The Bertz CT molecular complexity index is 940. The van der Waals surface area contributed by atoms with Crippen molar-refractivity contribution in [3.05, 3.63) is 70.3 Å². The first-order valence-electron chi connectivity index (χ1n) is 9.82. The molecule has 160 valence electrons. The number of esters is 1. The van der Waals surface area contributed by atoms with Gasteiger partial charge in [-0.05, 0) is 65.8 Å². The molecule has 0 N–H and O–H groups in total. The maximum Gasteiger partial charge on any atom is 0.327 e. The van der Waals surface area contributed by atoms with E-state index in [1.165, 1.54) is 17.1 Å². The van der Waals surface area contributed by atoms with Crippen LogP contribution in [0.25, 0.3) is 0 Å². The quantitative estimate of drug-likeness (QED) is 0.563. The van der Waals surface area contributed by atoms with Gasteiger partial charge in [0.15, 0.2) is 0 Å². The molecule has 0 saturated carbocycles. The van der Waals surface area contributed by atoms with Crippen LogP contribution in [0, 0.1) is 20.8 Å². The highest BCUT2D eigenvalue weighted by Gasteiger charge is 2.37. The summed E-state index contributed by atoms with van der Waals surface area (Å²) >= 11 is 0. The molecule has 6 nitrogen and oxygen atoms in total. The van der Waals surface area contributed by atoms with Crippen LogP contribution in [0.3, 0.4) is 0 Å². The Morgan fingerprint density at radius 2 is 1.40 bits per heavy atom. The van der Waals surface area contributed by atoms with Crippen molar-refractivity contribution in [2.45, 2.75) is 47.1 Å². The van der Waals surface area contributed by atoms with Crippen molar-refractivity contribution in [3.8, 4) is 0 Å². The number of benzene rings is 2. The molecule has 2 amide bonds. The van der Waals surface area contributed by atoms with Crippen LogP contribution in [0.1, 0.15) is 58.2 Å². The van der Waals surface area contributed by atoms with Gasteiger partial charge in [-0.15, -0.1) is 0 Å². The zero-order valence-electron chi connectivity index (χ0n) is 18.8. The summed E-state index contributed by atoms with van der Waals surface area (Å²) in [4.78, 5) is 39.2. The van der Waals surface area contributed by atoms with Gasteiger partial charge in [0, 0.05) is 11.1 Å². The van der Waals surface area contributed by atoms with E-state index in [0.29, 0.717) is 11.1 Å². The van der Waals surface area contributed by atoms with Gasteiger partial charge in [0.1, 0.15) is 6.54 Å². The molecular weight excluding hydrogens is 380 g/mol. The summed E-state index contributed by atoms with van der Waals surface area (Å²) in [6, 6.07) is 12.6. The van der Waals surface area contributed by atoms with Crippen molar-refractivity contribution >= 4 is 17.8 Å². The first-order valence-corrected chi connectivity index (χ1v) is 9.82. The number of hydrogen-bond donors (Lipinski definition) is 0. The summed E-state index contributed by atoms with van der Waals surface area (Å²) in [5.41, 5.74) is 2.85. The Labute approximate surface area is 178 Å². The highest BCUT2D eigenvalue weighted by Crippen LogP contribution is 2.24. The second kappa shape index (κ2) is 9.11. The third-order valence-corrected chi connectivity index (χ3v) is 4.54. The Kier molecular flexibility index (Phi) is 7.03. The molecule has 0 aliphatic carbocycles. The van der Waals surface area contributed by atoms with Gasteiger partial charge >= 0.3 is 5.97 Å². The Balaban J connectivity index is 2.60. The lowest BCUT2D eigenvalue weighted by Gasteiger charge is -2.43. The lowest BCUT2D eigenvalue weighted by molar-refractivity contribution is -0.145. The summed E-state index contributed by atoms with van der Waals surface area (Å²) in [6.45, 7) is 10.8. The number of aryl methyl sites for hydroxylation is 3. The largest absolute Gasteiger partial charge is 0.468 e. The first-order chi connectivity index (χ1) is 13.9. The minimum atomic E-state index is -0.776. The lowest BCUT2D eigenvalue weighted by Crippen LogP contribution is -2.59. The minimum absolute atomic E-state index is 0.362. The fraction of sp³-hybridized carbons (Fsp3) is 0.375. The first kappa shape index (κ1) is 23.1. The van der Waals surface area contributed by atoms with Crippen molar-refractivity contribution < 1.29 is 19.1 Å². The van der Waals surface area contributed by atoms with Crippen molar-refractivity contribution in [2.75, 3.05) is 13.7 Å². The second-order valence-corrected chi connectivity index (χ2v) is 8.47. The van der Waals surface area contributed by atoms with Gasteiger partial charge in [-0.2, -0.15) is 0 Å². The number of nitrogens with zero attached hydrogens (tertiary/aromatic N) is 2. The van der Waals surface area contributed by atoms with Crippen LogP contribution in [0.2, 0.25) is 0 Å². The number of hydrazine groups is 1. The van der Waals surface area contributed by atoms with E-state index in [1.807, 2.05) is 53.7 Å². The Morgan fingerprint density at radius 1 is 0.833 bits per heavy atom. The highest BCUT2D eigenvalue weighted by molar-refractivity contribution is 6.00. The van der Waals surface area contributed by atoms with Crippen LogP contribution < -0.4 is 0 Å². The molecule has 2 aromatic carbocycles. The molecule has 0 unspecified atom stereocenters. The maximum absolute atomic E-state index is 13.6. The van der Waals surface area contributed by atoms with Crippen molar-refractivity contribution in [1.29, 1.82) is 0 Å². The fourth-order valence-electron chi connectivity index (χ4n) is 3.34. The van der Waals surface area contributed by atoms with Crippen LogP contribution in [0.5, 0.6) is 0 Å². The van der Waals surface area contributed by atoms with Crippen LogP contribution in [-0.2, 0) is 9.53 Å². The number of hydrogen-bond acceptors (Lipinski definition) is 4. The molecule has 0 fully saturated rings. The predicted molar refractivity (Wildman–Crippen MR) is 116 cm³/mol. The fourth-order valence-corrected chi connectivity index (χ4v) is 3.34. The number of carbonyl (C=O) groups excluding carboxylic acids is 3. The van der Waals surface area contributed by atoms with Gasteiger partial charge in [-0.1, -0.05) is 34.9 Å². The van der Waals surface area contributed by atoms with Crippen LogP contribution >= 0.6 is 0 Å². The molecule has 0 aliphatic heterocycles. The second-order valence-electron chi connectivity index (χ2n) is 8.47. The molecule has 30 heavy (non-hydrogen) atoms. The van der Waals surface area contributed by atoms with E-state index in [9.17, 15) is 14.4 Å². The zero-order chi connectivity index (χ0) is 22.6. The number of carbonyl (C=O) groups is 3. The molecule has 0 heterocycles. The van der Waals surface area contributed by atoms with E-state index < -0.39 is 17.4 Å². The molecule has 0 spiro atoms. The molecule has 0 atom stereocenters. The number of ether oxygens (including phenoxy) is 1. The standard InChI is InChI=1S/C24H30N2O4/c1-16-9-8-10-19(12-16)22(28)25(15-21(27)30-7)26(24(4,5)6)23(29)20-13-17(2)11-18(3)14-20/h8-14H,15H2,1-7H3. The summed E-state index contributed by atoms with van der Waals surface area (Å²) in [5, 5.41) is 2.53. The van der Waals surface area contributed by atoms with Gasteiger partial charge in [-0.3, -0.25) is 14.4 Å². The molecule has 0 bridgehead atoms. The van der Waals surface area contributed by atoms with Crippen molar-refractivity contribution in [2.24, 2.45) is 0 Å². The third-order valence-electron chi connectivity index (χ3n) is 4.54. The van der Waals surface area contributed by atoms with E-state index >= 15 is 0 Å². The molecule has 0 aromatic heterocycles. The van der Waals surface area contributed by atoms with E-state index in [4.69, 9.17) is 4.74 Å². The van der Waals surface area contributed by atoms with Gasteiger partial charge in [-0.25, -0.2) is 10.0 Å². The highest BCUT2D eigenvalue weighted by atomic mass is 16.5. The normalized spacial score (nSPS) is 11.0. The van der Waals surface area contributed by atoms with E-state index in [-0.39, 0.29) is 12.5 Å². The van der Waals surface area contributed by atoms with Gasteiger partial charge in [0.05, 0.1) is 12.6 Å².